The van der Waals surface area contributed by atoms with E-state index in [-0.39, 0.29) is 18.5 Å². The number of rotatable bonds is 5. The van der Waals surface area contributed by atoms with Crippen molar-refractivity contribution in [3.8, 4) is 0 Å². The predicted octanol–water partition coefficient (Wildman–Crippen LogP) is 2.53. The van der Waals surface area contributed by atoms with E-state index in [0.717, 1.165) is 24.2 Å². The van der Waals surface area contributed by atoms with Gasteiger partial charge in [-0.25, -0.2) is 4.68 Å². The van der Waals surface area contributed by atoms with Gasteiger partial charge in [-0.15, -0.1) is 0 Å². The Kier molecular flexibility index (Phi) is 5.13. The summed E-state index contributed by atoms with van der Waals surface area (Å²) in [4.78, 5) is 19.3. The number of carbonyl (C=O) groups is 1. The number of amides is 1. The summed E-state index contributed by atoms with van der Waals surface area (Å²) in [5.41, 5.74) is 7.68. The fraction of sp³-hybridized carbons (Fsp3) is 0.500. The number of nitrogens with two attached hydrogens (primary N) is 1. The minimum Gasteiger partial charge on any atom is -0.384 e. The molecular weight excluding hydrogens is 302 g/mol. The van der Waals surface area contributed by atoms with E-state index in [9.17, 15) is 4.79 Å². The lowest BCUT2D eigenvalue weighted by molar-refractivity contribution is -0.135. The number of nitrogen functional groups attached to an aromatic ring is 1. The van der Waals surface area contributed by atoms with Gasteiger partial charge in [0.05, 0.1) is 17.9 Å². The van der Waals surface area contributed by atoms with Crippen molar-refractivity contribution in [2.45, 2.75) is 58.2 Å². The number of nitrogens with zero attached hydrogens (tertiary/aromatic N) is 4. The molecule has 2 N–H and O–H groups in total. The molecule has 1 aliphatic rings. The lowest BCUT2D eigenvalue weighted by Gasteiger charge is -2.34. The highest BCUT2D eigenvalue weighted by Gasteiger charge is 2.26. The second-order valence-corrected chi connectivity index (χ2v) is 6.50. The second-order valence-electron chi connectivity index (χ2n) is 6.50. The first-order valence-corrected chi connectivity index (χ1v) is 8.63. The number of aryl methyl sites for hydroxylation is 1. The standard InChI is InChI=1S/C18H25N5O/c1-14-11-17(19)23(21-14)13-18(24)22(16-8-3-2-4-9-16)12-15-7-5-6-10-20-15/h5-7,10-11,16H,2-4,8-9,12-13,19H2,1H3. The van der Waals surface area contributed by atoms with Gasteiger partial charge in [0.1, 0.15) is 12.4 Å². The molecule has 6 nitrogen and oxygen atoms in total. The summed E-state index contributed by atoms with van der Waals surface area (Å²) in [6.07, 6.45) is 7.51. The summed E-state index contributed by atoms with van der Waals surface area (Å²) in [6, 6.07) is 7.89. The molecule has 0 aliphatic heterocycles. The first kappa shape index (κ1) is 16.5. The van der Waals surface area contributed by atoms with Crippen molar-refractivity contribution >= 4 is 11.7 Å². The molecular formula is C18H25N5O. The summed E-state index contributed by atoms with van der Waals surface area (Å²) in [5, 5.41) is 4.31. The molecule has 6 heteroatoms. The summed E-state index contributed by atoms with van der Waals surface area (Å²) >= 11 is 0. The van der Waals surface area contributed by atoms with Crippen LogP contribution in [0, 0.1) is 6.92 Å². The SMILES string of the molecule is Cc1cc(N)n(CC(=O)N(Cc2ccccn2)C2CCCCC2)n1. The molecule has 0 unspecified atom stereocenters. The Morgan fingerprint density at radius 2 is 2.12 bits per heavy atom. The van der Waals surface area contributed by atoms with E-state index < -0.39 is 0 Å². The smallest absolute Gasteiger partial charge is 0.244 e. The Hall–Kier alpha value is -2.37. The van der Waals surface area contributed by atoms with Crippen LogP contribution in [-0.4, -0.2) is 31.6 Å². The third-order valence-corrected chi connectivity index (χ3v) is 4.61. The van der Waals surface area contributed by atoms with Crippen molar-refractivity contribution in [1.29, 1.82) is 0 Å². The van der Waals surface area contributed by atoms with Gasteiger partial charge < -0.3 is 10.6 Å². The van der Waals surface area contributed by atoms with Crippen LogP contribution in [0.15, 0.2) is 30.5 Å². The minimum absolute atomic E-state index is 0.0577. The Morgan fingerprint density at radius 3 is 2.75 bits per heavy atom. The molecule has 2 aromatic rings. The fourth-order valence-electron chi connectivity index (χ4n) is 3.39. The van der Waals surface area contributed by atoms with Crippen LogP contribution in [0.3, 0.4) is 0 Å². The van der Waals surface area contributed by atoms with E-state index >= 15 is 0 Å². The topological polar surface area (TPSA) is 77.0 Å². The van der Waals surface area contributed by atoms with Gasteiger partial charge in [0.15, 0.2) is 0 Å². The lowest BCUT2D eigenvalue weighted by atomic mass is 9.94. The summed E-state index contributed by atoms with van der Waals surface area (Å²) in [5.74, 6) is 0.588. The summed E-state index contributed by atoms with van der Waals surface area (Å²) in [6.45, 7) is 2.61. The molecule has 0 saturated heterocycles. The van der Waals surface area contributed by atoms with Gasteiger partial charge in [-0.3, -0.25) is 9.78 Å². The van der Waals surface area contributed by atoms with Crippen LogP contribution >= 0.6 is 0 Å². The number of hydrogen-bond acceptors (Lipinski definition) is 4. The minimum atomic E-state index is 0.0577. The van der Waals surface area contributed by atoms with E-state index in [1.165, 1.54) is 19.3 Å². The molecule has 128 valence electrons. The molecule has 0 radical (unpaired) electrons. The number of pyridine rings is 1. The summed E-state index contributed by atoms with van der Waals surface area (Å²) in [7, 11) is 0. The van der Waals surface area contributed by atoms with Gasteiger partial charge >= 0.3 is 0 Å². The molecule has 2 aromatic heterocycles. The number of hydrogen-bond donors (Lipinski definition) is 1. The Morgan fingerprint density at radius 1 is 1.33 bits per heavy atom. The number of aromatic nitrogens is 3. The molecule has 0 atom stereocenters. The van der Waals surface area contributed by atoms with Gasteiger partial charge in [0.25, 0.3) is 0 Å². The maximum atomic E-state index is 13.0. The van der Waals surface area contributed by atoms with Crippen LogP contribution < -0.4 is 5.73 Å². The molecule has 0 aromatic carbocycles. The van der Waals surface area contributed by atoms with Crippen molar-refractivity contribution in [3.05, 3.63) is 41.9 Å². The Bertz CT molecular complexity index is 676. The van der Waals surface area contributed by atoms with E-state index in [1.807, 2.05) is 30.0 Å². The van der Waals surface area contributed by atoms with Crippen LogP contribution in [0.4, 0.5) is 5.82 Å². The van der Waals surface area contributed by atoms with Crippen molar-refractivity contribution in [3.63, 3.8) is 0 Å². The van der Waals surface area contributed by atoms with Gasteiger partial charge in [-0.1, -0.05) is 25.3 Å². The van der Waals surface area contributed by atoms with E-state index in [0.29, 0.717) is 12.4 Å². The normalized spacial score (nSPS) is 15.4. The number of anilines is 1. The molecule has 0 bridgehead atoms. The monoisotopic (exact) mass is 327 g/mol. The average Bonchev–Trinajstić information content (AvgIpc) is 2.91. The molecule has 1 aliphatic carbocycles. The third kappa shape index (κ3) is 3.93. The molecule has 1 amide bonds. The Labute approximate surface area is 142 Å². The predicted molar refractivity (Wildman–Crippen MR) is 93.0 cm³/mol. The highest BCUT2D eigenvalue weighted by molar-refractivity contribution is 5.76. The Balaban J connectivity index is 1.77. The van der Waals surface area contributed by atoms with Crippen molar-refractivity contribution in [2.75, 3.05) is 5.73 Å². The molecule has 3 rings (SSSR count). The average molecular weight is 327 g/mol. The van der Waals surface area contributed by atoms with Crippen molar-refractivity contribution in [2.24, 2.45) is 0 Å². The van der Waals surface area contributed by atoms with Crippen molar-refractivity contribution in [1.82, 2.24) is 19.7 Å². The van der Waals surface area contributed by atoms with E-state index in [1.54, 1.807) is 16.9 Å². The second kappa shape index (κ2) is 7.47. The third-order valence-electron chi connectivity index (χ3n) is 4.61. The molecule has 0 spiro atoms. The molecule has 24 heavy (non-hydrogen) atoms. The van der Waals surface area contributed by atoms with E-state index in [4.69, 9.17) is 5.73 Å². The molecule has 1 fully saturated rings. The van der Waals surface area contributed by atoms with Crippen LogP contribution in [0.25, 0.3) is 0 Å². The van der Waals surface area contributed by atoms with Gasteiger partial charge in [0.2, 0.25) is 5.91 Å². The fourth-order valence-corrected chi connectivity index (χ4v) is 3.39. The quantitative estimate of drug-likeness (QED) is 0.915. The largest absolute Gasteiger partial charge is 0.384 e. The first-order valence-electron chi connectivity index (χ1n) is 8.63. The van der Waals surface area contributed by atoms with Gasteiger partial charge in [-0.2, -0.15) is 5.10 Å². The molecule has 2 heterocycles. The zero-order valence-corrected chi connectivity index (χ0v) is 14.2. The lowest BCUT2D eigenvalue weighted by Crippen LogP contribution is -2.43. The van der Waals surface area contributed by atoms with Crippen LogP contribution in [0.5, 0.6) is 0 Å². The number of carbonyl (C=O) groups excluding carboxylic acids is 1. The van der Waals surface area contributed by atoms with Gasteiger partial charge in [-0.05, 0) is 31.9 Å². The first-order chi connectivity index (χ1) is 11.6. The van der Waals surface area contributed by atoms with E-state index in [2.05, 4.69) is 10.1 Å². The maximum absolute atomic E-state index is 13.0. The highest BCUT2D eigenvalue weighted by atomic mass is 16.2. The summed E-state index contributed by atoms with van der Waals surface area (Å²) < 4.78 is 1.59. The zero-order valence-electron chi connectivity index (χ0n) is 14.2. The highest BCUT2D eigenvalue weighted by Crippen LogP contribution is 2.24. The zero-order chi connectivity index (χ0) is 16.9. The molecule has 1 saturated carbocycles. The van der Waals surface area contributed by atoms with Crippen LogP contribution in [0.2, 0.25) is 0 Å². The van der Waals surface area contributed by atoms with Crippen molar-refractivity contribution < 1.29 is 4.79 Å². The van der Waals surface area contributed by atoms with Crippen LogP contribution in [0.1, 0.15) is 43.5 Å². The van der Waals surface area contributed by atoms with Gasteiger partial charge in [0, 0.05) is 18.3 Å². The maximum Gasteiger partial charge on any atom is 0.244 e. The van der Waals surface area contributed by atoms with Crippen LogP contribution in [-0.2, 0) is 17.9 Å².